The Morgan fingerprint density at radius 2 is 2.27 bits per heavy atom. The number of carbonyl (C=O) groups is 1. The number of carbonyl (C=O) groups excluding carboxylic acids is 1. The smallest absolute Gasteiger partial charge is 0.284 e. The van der Waals surface area contributed by atoms with Gasteiger partial charge in [-0.15, -0.1) is 0 Å². The fraction of sp³-hybridized carbons (Fsp3) is 0.143. The summed E-state index contributed by atoms with van der Waals surface area (Å²) >= 11 is 3.10. The Labute approximate surface area is 134 Å². The van der Waals surface area contributed by atoms with Crippen molar-refractivity contribution >= 4 is 33.7 Å². The van der Waals surface area contributed by atoms with Crippen molar-refractivity contribution in [1.29, 1.82) is 0 Å². The summed E-state index contributed by atoms with van der Waals surface area (Å²) < 4.78 is 2.24. The molecule has 0 spiro atoms. The van der Waals surface area contributed by atoms with Gasteiger partial charge in [-0.2, -0.15) is 5.10 Å². The van der Waals surface area contributed by atoms with Crippen LogP contribution in [0.15, 0.2) is 46.1 Å². The lowest BCUT2D eigenvalue weighted by atomic mass is 10.2. The normalized spacial score (nSPS) is 10.8. The Kier molecular flexibility index (Phi) is 5.05. The van der Waals surface area contributed by atoms with Crippen LogP contribution in [0.3, 0.4) is 0 Å². The van der Waals surface area contributed by atoms with Crippen molar-refractivity contribution < 1.29 is 9.72 Å². The molecule has 0 radical (unpaired) electrons. The van der Waals surface area contributed by atoms with Crippen molar-refractivity contribution in [2.75, 3.05) is 0 Å². The molecule has 0 saturated heterocycles. The molecule has 0 saturated carbocycles. The first-order valence-electron chi connectivity index (χ1n) is 6.33. The minimum absolute atomic E-state index is 0.0564. The lowest BCUT2D eigenvalue weighted by Gasteiger charge is -2.02. The summed E-state index contributed by atoms with van der Waals surface area (Å²) in [5, 5.41) is 14.6. The van der Waals surface area contributed by atoms with Crippen molar-refractivity contribution in [2.45, 2.75) is 6.42 Å². The molecule has 0 fully saturated rings. The monoisotopic (exact) mass is 364 g/mol. The Balaban J connectivity index is 1.98. The fourth-order valence-corrected chi connectivity index (χ4v) is 2.20. The quantitative estimate of drug-likeness (QED) is 0.501. The lowest BCUT2D eigenvalue weighted by Crippen LogP contribution is -2.20. The number of aryl methyl sites for hydroxylation is 1. The van der Waals surface area contributed by atoms with E-state index < -0.39 is 4.92 Å². The van der Waals surface area contributed by atoms with E-state index in [4.69, 9.17) is 0 Å². The van der Waals surface area contributed by atoms with Crippen LogP contribution < -0.4 is 5.43 Å². The van der Waals surface area contributed by atoms with Gasteiger partial charge in [0, 0.05) is 30.6 Å². The third kappa shape index (κ3) is 4.01. The Morgan fingerprint density at radius 1 is 1.50 bits per heavy atom. The molecule has 0 atom stereocenters. The van der Waals surface area contributed by atoms with Gasteiger partial charge in [0.2, 0.25) is 5.91 Å². The van der Waals surface area contributed by atoms with E-state index in [0.29, 0.717) is 10.0 Å². The molecule has 1 amide bonds. The second kappa shape index (κ2) is 6.99. The highest BCUT2D eigenvalue weighted by molar-refractivity contribution is 9.10. The summed E-state index contributed by atoms with van der Waals surface area (Å²) in [6.45, 7) is 0. The maximum absolute atomic E-state index is 11.7. The molecule has 7 nitrogen and oxygen atoms in total. The Morgan fingerprint density at radius 3 is 2.91 bits per heavy atom. The molecule has 0 aliphatic carbocycles. The third-order valence-electron chi connectivity index (χ3n) is 2.96. The number of halogens is 1. The first kappa shape index (κ1) is 15.9. The molecule has 22 heavy (non-hydrogen) atoms. The number of aromatic nitrogens is 1. The van der Waals surface area contributed by atoms with Gasteiger partial charge in [0.15, 0.2) is 0 Å². The van der Waals surface area contributed by atoms with Gasteiger partial charge in [0.05, 0.1) is 22.0 Å². The average Bonchev–Trinajstić information content (AvgIpc) is 2.85. The maximum atomic E-state index is 11.7. The standard InChI is InChI=1S/C14H13BrN4O3/c1-18-6-2-3-11(18)8-14(20)17-16-9-10-4-5-12(15)13(7-10)19(21)22/h2-7,9H,8H2,1H3,(H,17,20)/b16-9-. The molecule has 0 aliphatic heterocycles. The molecule has 1 aromatic heterocycles. The van der Waals surface area contributed by atoms with Gasteiger partial charge >= 0.3 is 0 Å². The molecular formula is C14H13BrN4O3. The highest BCUT2D eigenvalue weighted by Crippen LogP contribution is 2.24. The number of benzene rings is 1. The third-order valence-corrected chi connectivity index (χ3v) is 3.63. The average molecular weight is 365 g/mol. The number of nitro benzene ring substituents is 1. The van der Waals surface area contributed by atoms with E-state index in [-0.39, 0.29) is 18.0 Å². The van der Waals surface area contributed by atoms with Crippen molar-refractivity contribution in [2.24, 2.45) is 12.1 Å². The summed E-state index contributed by atoms with van der Waals surface area (Å²) in [5.41, 5.74) is 3.73. The van der Waals surface area contributed by atoms with E-state index in [1.807, 2.05) is 29.9 Å². The van der Waals surface area contributed by atoms with E-state index in [0.717, 1.165) is 5.69 Å². The van der Waals surface area contributed by atoms with Crippen molar-refractivity contribution in [3.63, 3.8) is 0 Å². The Hall–Kier alpha value is -2.48. The molecule has 1 N–H and O–H groups in total. The second-order valence-electron chi connectivity index (χ2n) is 4.55. The summed E-state index contributed by atoms with van der Waals surface area (Å²) in [5.74, 6) is -0.260. The SMILES string of the molecule is Cn1cccc1CC(=O)N/N=C\c1ccc(Br)c([N+](=O)[O-])c1. The van der Waals surface area contributed by atoms with Crippen LogP contribution in [0.2, 0.25) is 0 Å². The number of amides is 1. The van der Waals surface area contributed by atoms with Crippen molar-refractivity contribution in [3.8, 4) is 0 Å². The van der Waals surface area contributed by atoms with Gasteiger partial charge in [-0.25, -0.2) is 5.43 Å². The summed E-state index contributed by atoms with van der Waals surface area (Å²) in [6, 6.07) is 8.29. The topological polar surface area (TPSA) is 89.5 Å². The van der Waals surface area contributed by atoms with Crippen LogP contribution in [-0.2, 0) is 18.3 Å². The largest absolute Gasteiger partial charge is 0.354 e. The minimum atomic E-state index is -0.491. The van der Waals surface area contributed by atoms with Crippen LogP contribution in [0.4, 0.5) is 5.69 Å². The highest BCUT2D eigenvalue weighted by Gasteiger charge is 2.11. The second-order valence-corrected chi connectivity index (χ2v) is 5.40. The molecule has 2 aromatic rings. The van der Waals surface area contributed by atoms with E-state index >= 15 is 0 Å². The number of nitrogens with zero attached hydrogens (tertiary/aromatic N) is 3. The molecule has 1 heterocycles. The zero-order valence-corrected chi connectivity index (χ0v) is 13.3. The molecule has 114 valence electrons. The first-order chi connectivity index (χ1) is 10.5. The van der Waals surface area contributed by atoms with Gasteiger partial charge in [-0.3, -0.25) is 14.9 Å². The number of nitrogens with one attached hydrogen (secondary N) is 1. The fourth-order valence-electron chi connectivity index (χ4n) is 1.81. The summed E-state index contributed by atoms with van der Waals surface area (Å²) in [4.78, 5) is 22.1. The molecule has 0 bridgehead atoms. The molecule has 1 aromatic carbocycles. The van der Waals surface area contributed by atoms with Gasteiger partial charge < -0.3 is 4.57 Å². The predicted molar refractivity (Wildman–Crippen MR) is 85.7 cm³/mol. The maximum Gasteiger partial charge on any atom is 0.284 e. The number of hydrogen-bond acceptors (Lipinski definition) is 4. The van der Waals surface area contributed by atoms with Gasteiger partial charge in [0.1, 0.15) is 0 Å². The molecular weight excluding hydrogens is 352 g/mol. The van der Waals surface area contributed by atoms with Gasteiger partial charge in [0.25, 0.3) is 5.69 Å². The molecule has 2 rings (SSSR count). The Bertz CT molecular complexity index is 739. The number of hydrogen-bond donors (Lipinski definition) is 1. The van der Waals surface area contributed by atoms with Gasteiger partial charge in [-0.05, 0) is 34.1 Å². The number of rotatable bonds is 5. The molecule has 8 heteroatoms. The zero-order chi connectivity index (χ0) is 16.1. The van der Waals surface area contributed by atoms with Crippen LogP contribution in [0.1, 0.15) is 11.3 Å². The first-order valence-corrected chi connectivity index (χ1v) is 7.12. The van der Waals surface area contributed by atoms with Crippen LogP contribution in [0.5, 0.6) is 0 Å². The highest BCUT2D eigenvalue weighted by atomic mass is 79.9. The number of hydrazone groups is 1. The van der Waals surface area contributed by atoms with E-state index in [1.165, 1.54) is 12.3 Å². The lowest BCUT2D eigenvalue weighted by molar-refractivity contribution is -0.385. The van der Waals surface area contributed by atoms with Gasteiger partial charge in [-0.1, -0.05) is 6.07 Å². The summed E-state index contributed by atoms with van der Waals surface area (Å²) in [7, 11) is 1.85. The van der Waals surface area contributed by atoms with Crippen LogP contribution in [0.25, 0.3) is 0 Å². The minimum Gasteiger partial charge on any atom is -0.354 e. The van der Waals surface area contributed by atoms with Crippen LogP contribution in [-0.4, -0.2) is 21.6 Å². The number of nitro groups is 1. The molecule has 0 aliphatic rings. The van der Waals surface area contributed by atoms with Crippen LogP contribution >= 0.6 is 15.9 Å². The van der Waals surface area contributed by atoms with Crippen LogP contribution in [0, 0.1) is 10.1 Å². The molecule has 0 unspecified atom stereocenters. The van der Waals surface area contributed by atoms with Crippen molar-refractivity contribution in [3.05, 3.63) is 62.4 Å². The van der Waals surface area contributed by atoms with E-state index in [9.17, 15) is 14.9 Å². The zero-order valence-electron chi connectivity index (χ0n) is 11.7. The van der Waals surface area contributed by atoms with E-state index in [2.05, 4.69) is 26.5 Å². The van der Waals surface area contributed by atoms with E-state index in [1.54, 1.807) is 12.1 Å². The predicted octanol–water partition coefficient (Wildman–Crippen LogP) is 2.39. The van der Waals surface area contributed by atoms with Crippen molar-refractivity contribution in [1.82, 2.24) is 9.99 Å². The summed E-state index contributed by atoms with van der Waals surface area (Å²) in [6.07, 6.45) is 3.43.